The van der Waals surface area contributed by atoms with E-state index in [2.05, 4.69) is 15.3 Å². The molecular formula is C22H25N4O3P. The van der Waals surface area contributed by atoms with Crippen molar-refractivity contribution in [1.29, 1.82) is 0 Å². The van der Waals surface area contributed by atoms with Gasteiger partial charge in [-0.05, 0) is 25.5 Å². The van der Waals surface area contributed by atoms with Crippen molar-refractivity contribution in [3.8, 4) is 16.9 Å². The lowest BCUT2D eigenvalue weighted by atomic mass is 10.0. The van der Waals surface area contributed by atoms with E-state index in [-0.39, 0.29) is 5.78 Å². The number of carbonyl (C=O) groups is 1. The van der Waals surface area contributed by atoms with Gasteiger partial charge < -0.3 is 20.4 Å². The second kappa shape index (κ2) is 8.67. The first-order chi connectivity index (χ1) is 14.2. The number of para-hydroxylation sites is 1. The lowest BCUT2D eigenvalue weighted by molar-refractivity contribution is 0.0988. The maximum absolute atomic E-state index is 12.3. The van der Waals surface area contributed by atoms with E-state index >= 15 is 0 Å². The highest BCUT2D eigenvalue weighted by Gasteiger charge is 2.17. The smallest absolute Gasteiger partial charge is 0.166 e. The predicted molar refractivity (Wildman–Crippen MR) is 122 cm³/mol. The molecule has 3 N–H and O–H groups in total. The van der Waals surface area contributed by atoms with Crippen LogP contribution in [0.1, 0.15) is 23.7 Å². The van der Waals surface area contributed by atoms with Gasteiger partial charge in [-0.25, -0.2) is 4.98 Å². The summed E-state index contributed by atoms with van der Waals surface area (Å²) in [6.07, 6.45) is 3.53. The number of nitrogens with zero attached hydrogens (tertiary/aromatic N) is 2. The van der Waals surface area contributed by atoms with Crippen molar-refractivity contribution >= 4 is 35.6 Å². The van der Waals surface area contributed by atoms with Crippen LogP contribution in [0.4, 0.5) is 17.2 Å². The van der Waals surface area contributed by atoms with E-state index in [0.717, 1.165) is 11.1 Å². The van der Waals surface area contributed by atoms with Crippen molar-refractivity contribution in [1.82, 2.24) is 9.97 Å². The van der Waals surface area contributed by atoms with E-state index in [1.165, 1.54) is 6.20 Å². The van der Waals surface area contributed by atoms with Crippen LogP contribution < -0.4 is 21.2 Å². The van der Waals surface area contributed by atoms with Gasteiger partial charge in [0.2, 0.25) is 0 Å². The number of Topliss-reactive ketones (excluding diaryl/α,β-unsaturated/α-hetero) is 1. The second-order valence-corrected chi connectivity index (χ2v) is 10.4. The minimum Gasteiger partial charge on any atom is -0.494 e. The maximum atomic E-state index is 12.3. The number of aromatic nitrogens is 2. The zero-order chi connectivity index (χ0) is 21.9. The number of benzene rings is 1. The molecule has 3 aromatic rings. The molecule has 0 atom stereocenters. The van der Waals surface area contributed by atoms with Crippen LogP contribution in [0, 0.1) is 0 Å². The molecule has 0 saturated heterocycles. The van der Waals surface area contributed by atoms with Crippen LogP contribution in [0.5, 0.6) is 5.75 Å². The molecule has 0 unspecified atom stereocenters. The zero-order valence-corrected chi connectivity index (χ0v) is 18.4. The molecule has 0 spiro atoms. The van der Waals surface area contributed by atoms with Crippen molar-refractivity contribution in [2.24, 2.45) is 0 Å². The number of hydrogen-bond acceptors (Lipinski definition) is 7. The number of carbonyl (C=O) groups excluding carboxylic acids is 1. The number of nitrogens with two attached hydrogens (primary N) is 1. The highest BCUT2D eigenvalue weighted by atomic mass is 31.2. The standard InChI is InChI=1S/C22H25N4O3P/c1-5-19(27)16-13-24-20(23)11-18(16)26-17-8-6-7-15(22(17)29-2)14-9-10-21(25-12-14)30(3,4)28/h6-13H,5H2,1-4H3,(H3,23,24,26). The number of pyridine rings is 2. The molecule has 0 bridgehead atoms. The minimum atomic E-state index is -2.43. The molecule has 0 fully saturated rings. The minimum absolute atomic E-state index is 0.0385. The van der Waals surface area contributed by atoms with Crippen molar-refractivity contribution in [2.45, 2.75) is 13.3 Å². The Morgan fingerprint density at radius 1 is 1.13 bits per heavy atom. The van der Waals surface area contributed by atoms with Crippen molar-refractivity contribution in [3.63, 3.8) is 0 Å². The summed E-state index contributed by atoms with van der Waals surface area (Å²) in [5, 5.41) is 3.26. The number of nitrogen functional groups attached to an aromatic ring is 1. The Morgan fingerprint density at radius 3 is 2.50 bits per heavy atom. The summed E-state index contributed by atoms with van der Waals surface area (Å²) in [5.41, 5.74) is 9.76. The van der Waals surface area contributed by atoms with Gasteiger partial charge in [0.25, 0.3) is 0 Å². The molecular weight excluding hydrogens is 399 g/mol. The largest absolute Gasteiger partial charge is 0.494 e. The molecule has 3 rings (SSSR count). The highest BCUT2D eigenvalue weighted by molar-refractivity contribution is 7.69. The van der Waals surface area contributed by atoms with Gasteiger partial charge in [0, 0.05) is 36.0 Å². The van der Waals surface area contributed by atoms with Crippen LogP contribution >= 0.6 is 7.14 Å². The van der Waals surface area contributed by atoms with E-state index in [0.29, 0.717) is 40.4 Å². The Balaban J connectivity index is 2.04. The Kier molecular flexibility index (Phi) is 6.22. The average molecular weight is 424 g/mol. The van der Waals surface area contributed by atoms with Gasteiger partial charge in [0.05, 0.1) is 29.5 Å². The monoisotopic (exact) mass is 424 g/mol. The molecule has 0 saturated carbocycles. The fraction of sp³-hybridized carbons (Fsp3) is 0.227. The van der Waals surface area contributed by atoms with Crippen LogP contribution in [0.25, 0.3) is 11.1 Å². The number of nitrogens with one attached hydrogen (secondary N) is 1. The molecule has 0 aliphatic rings. The molecule has 0 radical (unpaired) electrons. The number of ketones is 1. The van der Waals surface area contributed by atoms with Gasteiger partial charge in [-0.1, -0.05) is 25.1 Å². The summed E-state index contributed by atoms with van der Waals surface area (Å²) >= 11 is 0. The van der Waals surface area contributed by atoms with Crippen LogP contribution in [-0.4, -0.2) is 36.2 Å². The lowest BCUT2D eigenvalue weighted by Gasteiger charge is -2.17. The van der Waals surface area contributed by atoms with Crippen molar-refractivity contribution < 1.29 is 14.1 Å². The summed E-state index contributed by atoms with van der Waals surface area (Å²) in [5.74, 6) is 0.862. The molecule has 0 aliphatic heterocycles. The number of ether oxygens (including phenoxy) is 1. The van der Waals surface area contributed by atoms with Gasteiger partial charge in [-0.2, -0.15) is 0 Å². The molecule has 156 valence electrons. The van der Waals surface area contributed by atoms with Crippen molar-refractivity contribution in [3.05, 3.63) is 54.4 Å². The molecule has 2 aromatic heterocycles. The van der Waals surface area contributed by atoms with Crippen LogP contribution in [0.3, 0.4) is 0 Å². The van der Waals surface area contributed by atoms with Crippen LogP contribution in [0.2, 0.25) is 0 Å². The molecule has 8 heteroatoms. The van der Waals surface area contributed by atoms with E-state index in [9.17, 15) is 9.36 Å². The number of anilines is 3. The Hall–Kier alpha value is -3.18. The average Bonchev–Trinajstić information content (AvgIpc) is 2.72. The van der Waals surface area contributed by atoms with Gasteiger partial charge >= 0.3 is 0 Å². The zero-order valence-electron chi connectivity index (χ0n) is 17.5. The fourth-order valence-corrected chi connectivity index (χ4v) is 3.85. The Morgan fingerprint density at radius 2 is 1.90 bits per heavy atom. The third-order valence-electron chi connectivity index (χ3n) is 4.65. The summed E-state index contributed by atoms with van der Waals surface area (Å²) < 4.78 is 17.9. The predicted octanol–water partition coefficient (Wildman–Crippen LogP) is 4.32. The third kappa shape index (κ3) is 4.52. The molecule has 2 heterocycles. The van der Waals surface area contributed by atoms with E-state index < -0.39 is 7.14 Å². The second-order valence-electron chi connectivity index (χ2n) is 7.20. The van der Waals surface area contributed by atoms with Crippen LogP contribution in [0.15, 0.2) is 48.8 Å². The van der Waals surface area contributed by atoms with Gasteiger partial charge in [-0.3, -0.25) is 9.78 Å². The SMILES string of the molecule is CCC(=O)c1cnc(N)cc1Nc1cccc(-c2ccc(P(C)(C)=O)nc2)c1OC. The molecule has 30 heavy (non-hydrogen) atoms. The Labute approximate surface area is 176 Å². The van der Waals surface area contributed by atoms with Gasteiger partial charge in [0.15, 0.2) is 5.78 Å². The quantitative estimate of drug-likeness (QED) is 0.430. The molecule has 7 nitrogen and oxygen atoms in total. The topological polar surface area (TPSA) is 107 Å². The first kappa shape index (κ1) is 21.5. The highest BCUT2D eigenvalue weighted by Crippen LogP contribution is 2.39. The number of rotatable bonds is 7. The van der Waals surface area contributed by atoms with E-state index in [1.807, 2.05) is 24.3 Å². The first-order valence-electron chi connectivity index (χ1n) is 9.49. The molecule has 0 aliphatic carbocycles. The summed E-state index contributed by atoms with van der Waals surface area (Å²) in [6, 6.07) is 10.9. The molecule has 0 amide bonds. The summed E-state index contributed by atoms with van der Waals surface area (Å²) in [4.78, 5) is 20.7. The third-order valence-corrected chi connectivity index (χ3v) is 6.01. The lowest BCUT2D eigenvalue weighted by Crippen LogP contribution is -2.08. The van der Waals surface area contributed by atoms with Crippen molar-refractivity contribution in [2.75, 3.05) is 31.5 Å². The van der Waals surface area contributed by atoms with E-state index in [1.54, 1.807) is 45.7 Å². The van der Waals surface area contributed by atoms with Gasteiger partial charge in [0.1, 0.15) is 18.7 Å². The fourth-order valence-electron chi connectivity index (χ4n) is 3.08. The first-order valence-corrected chi connectivity index (χ1v) is 12.1. The normalized spacial score (nSPS) is 11.2. The van der Waals surface area contributed by atoms with E-state index in [4.69, 9.17) is 10.5 Å². The van der Waals surface area contributed by atoms with Crippen LogP contribution in [-0.2, 0) is 4.57 Å². The summed E-state index contributed by atoms with van der Waals surface area (Å²) in [7, 11) is -0.850. The maximum Gasteiger partial charge on any atom is 0.166 e. The Bertz CT molecular complexity index is 1120. The summed E-state index contributed by atoms with van der Waals surface area (Å²) in [6.45, 7) is 5.18. The van der Waals surface area contributed by atoms with Gasteiger partial charge in [-0.15, -0.1) is 0 Å². The molecule has 1 aromatic carbocycles. The number of hydrogen-bond donors (Lipinski definition) is 2. The number of methoxy groups -OCH3 is 1.